The number of carbonyl (C=O) groups is 1. The number of rotatable bonds is 5. The number of unbranched alkanes of at least 4 members (excludes halogenated alkanes) is 1. The number of hydrogen-bond acceptors (Lipinski definition) is 5. The van der Waals surface area contributed by atoms with Gasteiger partial charge in [0, 0.05) is 17.4 Å². The van der Waals surface area contributed by atoms with Crippen LogP contribution in [0.5, 0.6) is 5.75 Å². The van der Waals surface area contributed by atoms with Crippen molar-refractivity contribution >= 4 is 38.4 Å². The van der Waals surface area contributed by atoms with E-state index < -0.39 is 22.2 Å². The molecule has 1 aromatic rings. The average Bonchev–Trinajstić information content (AvgIpc) is 3.03. The second kappa shape index (κ2) is 7.94. The highest BCUT2D eigenvalue weighted by molar-refractivity contribution is 8.16. The highest BCUT2D eigenvalue weighted by Crippen LogP contribution is 2.41. The number of carbonyl (C=O) groups excluding carboxylic acids is 1. The molecule has 0 N–H and O–H groups in total. The molecule has 154 valence electrons. The standard InChI is InChI=1S/C17H19F3N2O4S2/c1-2-3-4-15(23)21-16-22(13-9-28(24,25)10-14(13)27-16)11-5-7-12(8-6-11)26-17(18,19)20/h5-8,13-14H,2-4,9-10H2,1H3/t13-,14-/m0/s1. The molecule has 0 unspecified atom stereocenters. The molecule has 2 fully saturated rings. The zero-order chi connectivity index (χ0) is 20.5. The first kappa shape index (κ1) is 21.0. The molecule has 2 aliphatic rings. The lowest BCUT2D eigenvalue weighted by Gasteiger charge is -2.24. The van der Waals surface area contributed by atoms with Crippen LogP contribution in [0.1, 0.15) is 26.2 Å². The quantitative estimate of drug-likeness (QED) is 0.705. The van der Waals surface area contributed by atoms with Crippen molar-refractivity contribution in [2.45, 2.75) is 43.8 Å². The second-order valence-corrected chi connectivity index (χ2v) is 9.96. The fourth-order valence-electron chi connectivity index (χ4n) is 3.17. The van der Waals surface area contributed by atoms with Crippen LogP contribution in [0.15, 0.2) is 29.3 Å². The van der Waals surface area contributed by atoms with E-state index in [1.54, 1.807) is 4.90 Å². The van der Waals surface area contributed by atoms with E-state index in [0.717, 1.165) is 18.6 Å². The number of amides is 1. The Morgan fingerprint density at radius 3 is 2.57 bits per heavy atom. The summed E-state index contributed by atoms with van der Waals surface area (Å²) < 4.78 is 64.9. The van der Waals surface area contributed by atoms with Crippen LogP contribution >= 0.6 is 11.8 Å². The first-order chi connectivity index (χ1) is 13.1. The zero-order valence-electron chi connectivity index (χ0n) is 15.0. The molecule has 0 radical (unpaired) electrons. The van der Waals surface area contributed by atoms with Crippen molar-refractivity contribution in [3.8, 4) is 5.75 Å². The molecule has 0 bridgehead atoms. The van der Waals surface area contributed by atoms with Gasteiger partial charge in [-0.3, -0.25) is 4.79 Å². The molecule has 2 aliphatic heterocycles. The maximum Gasteiger partial charge on any atom is 0.573 e. The Labute approximate surface area is 165 Å². The lowest BCUT2D eigenvalue weighted by atomic mass is 10.2. The number of hydrogen-bond donors (Lipinski definition) is 0. The number of aliphatic imine (C=N–C) groups is 1. The Balaban J connectivity index is 1.88. The Morgan fingerprint density at radius 2 is 1.96 bits per heavy atom. The number of fused-ring (bicyclic) bond motifs is 1. The number of ether oxygens (including phenoxy) is 1. The number of benzene rings is 1. The molecule has 11 heteroatoms. The number of alkyl halides is 3. The van der Waals surface area contributed by atoms with Gasteiger partial charge in [-0.2, -0.15) is 4.99 Å². The number of amidine groups is 1. The van der Waals surface area contributed by atoms with Gasteiger partial charge >= 0.3 is 6.36 Å². The van der Waals surface area contributed by atoms with E-state index in [1.807, 2.05) is 6.92 Å². The normalized spacial score (nSPS) is 25.1. The van der Waals surface area contributed by atoms with E-state index in [4.69, 9.17) is 0 Å². The summed E-state index contributed by atoms with van der Waals surface area (Å²) in [5, 5.41) is 0.115. The first-order valence-electron chi connectivity index (χ1n) is 8.71. The predicted octanol–water partition coefficient (Wildman–Crippen LogP) is 3.38. The molecular formula is C17H19F3N2O4S2. The number of sulfone groups is 1. The monoisotopic (exact) mass is 436 g/mol. The fraction of sp³-hybridized carbons (Fsp3) is 0.529. The topological polar surface area (TPSA) is 76.0 Å². The Kier molecular flexibility index (Phi) is 5.95. The number of anilines is 1. The van der Waals surface area contributed by atoms with E-state index in [2.05, 4.69) is 9.73 Å². The minimum absolute atomic E-state index is 0.0176. The molecule has 1 aromatic carbocycles. The van der Waals surface area contributed by atoms with Gasteiger partial charge < -0.3 is 9.64 Å². The van der Waals surface area contributed by atoms with Crippen LogP contribution in [-0.2, 0) is 14.6 Å². The van der Waals surface area contributed by atoms with E-state index in [-0.39, 0.29) is 28.4 Å². The smallest absolute Gasteiger partial charge is 0.406 e. The maximum atomic E-state index is 12.4. The number of halogens is 3. The van der Waals surface area contributed by atoms with Crippen molar-refractivity contribution in [1.82, 2.24) is 0 Å². The summed E-state index contributed by atoms with van der Waals surface area (Å²) in [5.41, 5.74) is 0.466. The summed E-state index contributed by atoms with van der Waals surface area (Å²) in [6, 6.07) is 4.70. The summed E-state index contributed by atoms with van der Waals surface area (Å²) in [4.78, 5) is 17.9. The van der Waals surface area contributed by atoms with E-state index in [9.17, 15) is 26.4 Å². The van der Waals surface area contributed by atoms with E-state index in [0.29, 0.717) is 23.7 Å². The Morgan fingerprint density at radius 1 is 1.29 bits per heavy atom. The van der Waals surface area contributed by atoms with Crippen molar-refractivity contribution in [3.05, 3.63) is 24.3 Å². The van der Waals surface area contributed by atoms with Crippen molar-refractivity contribution in [2.24, 2.45) is 4.99 Å². The van der Waals surface area contributed by atoms with Crippen LogP contribution in [0, 0.1) is 0 Å². The lowest BCUT2D eigenvalue weighted by molar-refractivity contribution is -0.274. The molecular weight excluding hydrogens is 417 g/mol. The van der Waals surface area contributed by atoms with Crippen LogP contribution in [0.4, 0.5) is 18.9 Å². The minimum Gasteiger partial charge on any atom is -0.406 e. The van der Waals surface area contributed by atoms with Crippen molar-refractivity contribution in [1.29, 1.82) is 0 Å². The second-order valence-electron chi connectivity index (χ2n) is 6.60. The Hall–Kier alpha value is -1.75. The number of thioether (sulfide) groups is 1. The summed E-state index contributed by atoms with van der Waals surface area (Å²) >= 11 is 1.23. The predicted molar refractivity (Wildman–Crippen MR) is 101 cm³/mol. The summed E-state index contributed by atoms with van der Waals surface area (Å²) in [7, 11) is -3.22. The highest BCUT2D eigenvalue weighted by Gasteiger charge is 2.49. The molecule has 28 heavy (non-hydrogen) atoms. The fourth-order valence-corrected chi connectivity index (χ4v) is 7.10. The van der Waals surface area contributed by atoms with Gasteiger partial charge in [0.2, 0.25) is 5.91 Å². The van der Waals surface area contributed by atoms with Gasteiger partial charge in [-0.1, -0.05) is 25.1 Å². The van der Waals surface area contributed by atoms with Gasteiger partial charge in [-0.25, -0.2) is 8.42 Å². The van der Waals surface area contributed by atoms with Crippen LogP contribution < -0.4 is 9.64 Å². The van der Waals surface area contributed by atoms with Gasteiger partial charge in [0.05, 0.1) is 17.5 Å². The maximum absolute atomic E-state index is 12.4. The molecule has 2 saturated heterocycles. The van der Waals surface area contributed by atoms with Crippen LogP contribution in [0.2, 0.25) is 0 Å². The van der Waals surface area contributed by atoms with E-state index in [1.165, 1.54) is 23.9 Å². The molecule has 2 heterocycles. The van der Waals surface area contributed by atoms with Crippen molar-refractivity contribution < 1.29 is 31.1 Å². The Bertz CT molecular complexity index is 869. The molecule has 0 aliphatic carbocycles. The third-order valence-electron chi connectivity index (χ3n) is 4.38. The van der Waals surface area contributed by atoms with Gasteiger partial charge in [-0.15, -0.1) is 13.2 Å². The first-order valence-corrected chi connectivity index (χ1v) is 11.4. The molecule has 2 atom stereocenters. The molecule has 3 rings (SSSR count). The molecule has 0 spiro atoms. The van der Waals surface area contributed by atoms with Crippen LogP contribution in [0.25, 0.3) is 0 Å². The van der Waals surface area contributed by atoms with Gasteiger partial charge in [0.15, 0.2) is 15.0 Å². The summed E-state index contributed by atoms with van der Waals surface area (Å²) in [6.45, 7) is 1.96. The highest BCUT2D eigenvalue weighted by atomic mass is 32.2. The van der Waals surface area contributed by atoms with Gasteiger partial charge in [0.1, 0.15) is 5.75 Å². The number of nitrogens with zero attached hydrogens (tertiary/aromatic N) is 2. The molecule has 0 aromatic heterocycles. The third kappa shape index (κ3) is 4.99. The largest absolute Gasteiger partial charge is 0.573 e. The zero-order valence-corrected chi connectivity index (χ0v) is 16.6. The SMILES string of the molecule is CCCCC(=O)N=C1S[C@H]2CS(=O)(=O)C[C@@H]2N1c1ccc(OC(F)(F)F)cc1. The van der Waals surface area contributed by atoms with Crippen molar-refractivity contribution in [2.75, 3.05) is 16.4 Å². The van der Waals surface area contributed by atoms with Gasteiger partial charge in [-0.05, 0) is 30.7 Å². The van der Waals surface area contributed by atoms with E-state index >= 15 is 0 Å². The third-order valence-corrected chi connectivity index (χ3v) is 7.59. The average molecular weight is 436 g/mol. The van der Waals surface area contributed by atoms with Gasteiger partial charge in [0.25, 0.3) is 0 Å². The van der Waals surface area contributed by atoms with Crippen LogP contribution in [-0.4, -0.2) is 48.7 Å². The summed E-state index contributed by atoms with van der Waals surface area (Å²) in [6.07, 6.45) is -2.96. The van der Waals surface area contributed by atoms with Crippen molar-refractivity contribution in [3.63, 3.8) is 0 Å². The minimum atomic E-state index is -4.80. The summed E-state index contributed by atoms with van der Waals surface area (Å²) in [5.74, 6) is -0.783. The molecule has 1 amide bonds. The van der Waals surface area contributed by atoms with Crippen LogP contribution in [0.3, 0.4) is 0 Å². The lowest BCUT2D eigenvalue weighted by Crippen LogP contribution is -2.37. The molecule has 0 saturated carbocycles. The molecule has 6 nitrogen and oxygen atoms in total.